The molecular weight excluding hydrogens is 450 g/mol. The fourth-order valence-electron chi connectivity index (χ4n) is 5.30. The molecule has 2 aromatic carbocycles. The van der Waals surface area contributed by atoms with Crippen molar-refractivity contribution in [1.82, 2.24) is 4.31 Å². The lowest BCUT2D eigenvalue weighted by atomic mass is 9.77. The van der Waals surface area contributed by atoms with Gasteiger partial charge in [-0.15, -0.1) is 0 Å². The van der Waals surface area contributed by atoms with Gasteiger partial charge in [-0.2, -0.15) is 4.31 Å². The number of hydrogen-bond donors (Lipinski definition) is 1. The number of sulfonamides is 1. The largest absolute Gasteiger partial charge is 0.512 e. The van der Waals surface area contributed by atoms with Gasteiger partial charge in [-0.1, -0.05) is 67.3 Å². The summed E-state index contributed by atoms with van der Waals surface area (Å²) < 4.78 is 35.3. The summed E-state index contributed by atoms with van der Waals surface area (Å²) in [5.74, 6) is -0.786. The van der Waals surface area contributed by atoms with Crippen LogP contribution in [0.2, 0.25) is 0 Å². The molecule has 0 amide bonds. The van der Waals surface area contributed by atoms with E-state index in [2.05, 4.69) is 0 Å². The number of aliphatic hydroxyl groups is 1. The van der Waals surface area contributed by atoms with Gasteiger partial charge in [0.25, 0.3) is 0 Å². The normalized spacial score (nSPS) is 22.5. The first-order chi connectivity index (χ1) is 16.3. The van der Waals surface area contributed by atoms with Crippen molar-refractivity contribution in [3.8, 4) is 0 Å². The summed E-state index contributed by atoms with van der Waals surface area (Å²) >= 11 is 0. The van der Waals surface area contributed by atoms with Crippen LogP contribution in [-0.2, 0) is 19.6 Å². The lowest BCUT2D eigenvalue weighted by Crippen LogP contribution is -2.52. The van der Waals surface area contributed by atoms with Crippen LogP contribution in [0.4, 0.5) is 0 Å². The SMILES string of the molecule is CCOC(=O)C1=C(O)C[C@H](c2ccccc2)N(S(=O)(=O)c2ccc(C)cc2)[C@H]1C1CCCCC1. The van der Waals surface area contributed by atoms with Gasteiger partial charge < -0.3 is 9.84 Å². The highest BCUT2D eigenvalue weighted by molar-refractivity contribution is 7.89. The molecule has 2 atom stereocenters. The van der Waals surface area contributed by atoms with E-state index in [1.807, 2.05) is 37.3 Å². The Hall–Kier alpha value is -2.64. The first-order valence-electron chi connectivity index (χ1n) is 12.1. The molecule has 1 aliphatic carbocycles. The van der Waals surface area contributed by atoms with E-state index >= 15 is 0 Å². The van der Waals surface area contributed by atoms with Crippen LogP contribution in [0.5, 0.6) is 0 Å². The van der Waals surface area contributed by atoms with Crippen LogP contribution in [0.3, 0.4) is 0 Å². The van der Waals surface area contributed by atoms with Gasteiger partial charge in [-0.25, -0.2) is 13.2 Å². The van der Waals surface area contributed by atoms with Crippen molar-refractivity contribution in [3.05, 3.63) is 77.1 Å². The third-order valence-electron chi connectivity index (χ3n) is 6.95. The Kier molecular flexibility index (Phi) is 7.43. The third-order valence-corrected chi connectivity index (χ3v) is 8.85. The van der Waals surface area contributed by atoms with E-state index in [9.17, 15) is 18.3 Å². The number of ether oxygens (including phenoxy) is 1. The van der Waals surface area contributed by atoms with Crippen LogP contribution in [0.15, 0.2) is 70.8 Å². The Labute approximate surface area is 202 Å². The van der Waals surface area contributed by atoms with E-state index in [1.165, 1.54) is 4.31 Å². The highest BCUT2D eigenvalue weighted by atomic mass is 32.2. The lowest BCUT2D eigenvalue weighted by Gasteiger charge is -2.45. The molecule has 6 nitrogen and oxygen atoms in total. The van der Waals surface area contributed by atoms with Crippen molar-refractivity contribution in [2.24, 2.45) is 5.92 Å². The molecular formula is C27H33NO5S. The Morgan fingerprint density at radius 1 is 1.03 bits per heavy atom. The number of carbonyl (C=O) groups is 1. The molecule has 1 heterocycles. The fourth-order valence-corrected chi connectivity index (χ4v) is 7.14. The minimum absolute atomic E-state index is 0.0203. The maximum absolute atomic E-state index is 14.2. The van der Waals surface area contributed by atoms with Gasteiger partial charge in [0.15, 0.2) is 0 Å². The second-order valence-electron chi connectivity index (χ2n) is 9.20. The number of carbonyl (C=O) groups excluding carboxylic acids is 1. The van der Waals surface area contributed by atoms with Gasteiger partial charge in [0.1, 0.15) is 5.76 Å². The van der Waals surface area contributed by atoms with E-state index in [1.54, 1.807) is 31.2 Å². The summed E-state index contributed by atoms with van der Waals surface area (Å²) in [6.07, 6.45) is 4.62. The van der Waals surface area contributed by atoms with E-state index in [-0.39, 0.29) is 35.2 Å². The van der Waals surface area contributed by atoms with Crippen molar-refractivity contribution in [2.45, 2.75) is 69.4 Å². The summed E-state index contributed by atoms with van der Waals surface area (Å²) in [5.41, 5.74) is 1.84. The zero-order chi connectivity index (χ0) is 24.3. The quantitative estimate of drug-likeness (QED) is 0.552. The van der Waals surface area contributed by atoms with Crippen LogP contribution < -0.4 is 0 Å². The molecule has 182 valence electrons. The molecule has 0 bridgehead atoms. The van der Waals surface area contributed by atoms with Crippen LogP contribution in [0, 0.1) is 12.8 Å². The number of esters is 1. The molecule has 1 fully saturated rings. The Bertz CT molecular complexity index is 1140. The van der Waals surface area contributed by atoms with Gasteiger partial charge in [0.05, 0.1) is 29.2 Å². The fraction of sp³-hybridized carbons (Fsp3) is 0.444. The molecule has 0 saturated heterocycles. The Morgan fingerprint density at radius 3 is 2.29 bits per heavy atom. The summed E-state index contributed by atoms with van der Waals surface area (Å²) in [6, 6.07) is 14.7. The van der Waals surface area contributed by atoms with E-state index in [0.29, 0.717) is 0 Å². The van der Waals surface area contributed by atoms with Crippen LogP contribution >= 0.6 is 0 Å². The second-order valence-corrected chi connectivity index (χ2v) is 11.0. The highest BCUT2D eigenvalue weighted by Gasteiger charge is 2.49. The first kappa shape index (κ1) is 24.5. The van der Waals surface area contributed by atoms with E-state index in [4.69, 9.17) is 4.74 Å². The van der Waals surface area contributed by atoms with Gasteiger partial charge in [-0.05, 0) is 50.3 Å². The third kappa shape index (κ3) is 4.77. The van der Waals surface area contributed by atoms with Crippen molar-refractivity contribution < 1.29 is 23.1 Å². The Morgan fingerprint density at radius 2 is 1.68 bits per heavy atom. The summed E-state index contributed by atoms with van der Waals surface area (Å²) in [4.78, 5) is 13.3. The molecule has 7 heteroatoms. The lowest BCUT2D eigenvalue weighted by molar-refractivity contribution is -0.140. The van der Waals surface area contributed by atoms with Crippen molar-refractivity contribution >= 4 is 16.0 Å². The maximum Gasteiger partial charge on any atom is 0.339 e. The Balaban J connectivity index is 1.93. The number of aryl methyl sites for hydroxylation is 1. The van der Waals surface area contributed by atoms with Crippen molar-refractivity contribution in [1.29, 1.82) is 0 Å². The van der Waals surface area contributed by atoms with Crippen molar-refractivity contribution in [2.75, 3.05) is 6.61 Å². The van der Waals surface area contributed by atoms with Gasteiger partial charge >= 0.3 is 5.97 Å². The van der Waals surface area contributed by atoms with E-state index in [0.717, 1.165) is 43.2 Å². The van der Waals surface area contributed by atoms with Gasteiger partial charge in [-0.3, -0.25) is 0 Å². The molecule has 0 radical (unpaired) electrons. The molecule has 2 aliphatic rings. The van der Waals surface area contributed by atoms with E-state index < -0.39 is 28.1 Å². The molecule has 4 rings (SSSR count). The zero-order valence-corrected chi connectivity index (χ0v) is 20.6. The number of rotatable bonds is 6. The average molecular weight is 484 g/mol. The molecule has 2 aromatic rings. The minimum atomic E-state index is -4.00. The molecule has 1 aliphatic heterocycles. The number of nitrogens with zero attached hydrogens (tertiary/aromatic N) is 1. The standard InChI is InChI=1S/C27H33NO5S/c1-3-33-27(30)25-24(29)18-23(20-10-6-4-7-11-20)28(26(25)21-12-8-5-9-13-21)34(31,32)22-16-14-19(2)15-17-22/h4,6-7,10-11,14-17,21,23,26,29H,3,5,8-9,12-13,18H2,1-2H3/t23-,26+/m1/s1. The van der Waals surface area contributed by atoms with Gasteiger partial charge in [0, 0.05) is 6.42 Å². The molecule has 34 heavy (non-hydrogen) atoms. The second kappa shape index (κ2) is 10.3. The first-order valence-corrected chi connectivity index (χ1v) is 13.5. The smallest absolute Gasteiger partial charge is 0.339 e. The average Bonchev–Trinajstić information content (AvgIpc) is 2.84. The summed E-state index contributed by atoms with van der Waals surface area (Å²) in [5, 5.41) is 11.1. The maximum atomic E-state index is 14.2. The highest BCUT2D eigenvalue weighted by Crippen LogP contribution is 2.46. The van der Waals surface area contributed by atoms with Crippen LogP contribution in [0.25, 0.3) is 0 Å². The number of hydrogen-bond acceptors (Lipinski definition) is 5. The molecule has 1 saturated carbocycles. The zero-order valence-electron chi connectivity index (χ0n) is 19.8. The molecule has 1 N–H and O–H groups in total. The van der Waals surface area contributed by atoms with Crippen LogP contribution in [-0.4, -0.2) is 36.4 Å². The predicted octanol–water partition coefficient (Wildman–Crippen LogP) is 5.45. The van der Waals surface area contributed by atoms with Gasteiger partial charge in [0.2, 0.25) is 10.0 Å². The topological polar surface area (TPSA) is 83.9 Å². The van der Waals surface area contributed by atoms with Crippen LogP contribution in [0.1, 0.15) is 62.6 Å². The predicted molar refractivity (Wildman–Crippen MR) is 131 cm³/mol. The number of aliphatic hydroxyl groups excluding tert-OH is 1. The summed E-state index contributed by atoms with van der Waals surface area (Å²) in [6.45, 7) is 3.77. The summed E-state index contributed by atoms with van der Waals surface area (Å²) in [7, 11) is -4.00. The monoisotopic (exact) mass is 483 g/mol. The molecule has 0 unspecified atom stereocenters. The van der Waals surface area contributed by atoms with Crippen molar-refractivity contribution in [3.63, 3.8) is 0 Å². The molecule has 0 spiro atoms. The minimum Gasteiger partial charge on any atom is -0.512 e. The molecule has 0 aromatic heterocycles. The number of benzene rings is 2.